The molecule has 1 atom stereocenters. The Morgan fingerprint density at radius 3 is 2.12 bits per heavy atom. The van der Waals surface area contributed by atoms with E-state index in [4.69, 9.17) is 10.5 Å². The third-order valence-corrected chi connectivity index (χ3v) is 1.91. The molecule has 0 aliphatic rings. The number of carbonyl (C=O) groups is 1. The minimum absolute atomic E-state index is 0. The SMILES string of the molecule is Br.C=C(C)C(=O)OC(C)N(C)C.CCCCN. The Hall–Kier alpha value is -0.390. The molecule has 0 fully saturated rings. The maximum atomic E-state index is 10.9. The molecule has 2 N–H and O–H groups in total. The van der Waals surface area contributed by atoms with Crippen LogP contribution in [0.5, 0.6) is 0 Å². The molecule has 0 aromatic carbocycles. The van der Waals surface area contributed by atoms with Gasteiger partial charge in [-0.25, -0.2) is 4.79 Å². The third-order valence-electron chi connectivity index (χ3n) is 1.91. The van der Waals surface area contributed by atoms with Gasteiger partial charge in [-0.15, -0.1) is 17.0 Å². The molecule has 0 amide bonds. The first-order valence-corrected chi connectivity index (χ1v) is 5.59. The molecule has 0 bridgehead atoms. The van der Waals surface area contributed by atoms with Crippen molar-refractivity contribution in [2.45, 2.75) is 39.8 Å². The minimum atomic E-state index is -0.341. The summed E-state index contributed by atoms with van der Waals surface area (Å²) >= 11 is 0. The van der Waals surface area contributed by atoms with Crippen molar-refractivity contribution in [3.63, 3.8) is 0 Å². The van der Waals surface area contributed by atoms with Gasteiger partial charge in [0.05, 0.1) is 0 Å². The molecule has 104 valence electrons. The van der Waals surface area contributed by atoms with Crippen LogP contribution in [0.4, 0.5) is 0 Å². The van der Waals surface area contributed by atoms with Gasteiger partial charge in [0.15, 0.2) is 6.23 Å². The Labute approximate surface area is 116 Å². The summed E-state index contributed by atoms with van der Waals surface area (Å²) in [6.45, 7) is 9.89. The first-order chi connectivity index (χ1) is 7.36. The molecular formula is C12H27BrN2O2. The van der Waals surface area contributed by atoms with E-state index in [0.29, 0.717) is 5.57 Å². The van der Waals surface area contributed by atoms with Gasteiger partial charge in [0.2, 0.25) is 0 Å². The summed E-state index contributed by atoms with van der Waals surface area (Å²) in [4.78, 5) is 12.7. The van der Waals surface area contributed by atoms with E-state index in [2.05, 4.69) is 13.5 Å². The molecule has 1 unspecified atom stereocenters. The highest BCUT2D eigenvalue weighted by Crippen LogP contribution is 1.99. The minimum Gasteiger partial charge on any atom is -0.443 e. The maximum Gasteiger partial charge on any atom is 0.334 e. The lowest BCUT2D eigenvalue weighted by Gasteiger charge is -2.19. The third kappa shape index (κ3) is 15.6. The number of esters is 1. The van der Waals surface area contributed by atoms with E-state index in [-0.39, 0.29) is 29.2 Å². The second-order valence-electron chi connectivity index (χ2n) is 3.89. The molecule has 4 nitrogen and oxygen atoms in total. The van der Waals surface area contributed by atoms with Crippen LogP contribution < -0.4 is 5.73 Å². The molecule has 0 spiro atoms. The molecule has 0 heterocycles. The van der Waals surface area contributed by atoms with E-state index in [1.54, 1.807) is 18.7 Å². The van der Waals surface area contributed by atoms with Gasteiger partial charge in [0.1, 0.15) is 0 Å². The summed E-state index contributed by atoms with van der Waals surface area (Å²) in [5.74, 6) is -0.341. The van der Waals surface area contributed by atoms with Crippen LogP contribution in [0.2, 0.25) is 0 Å². The first-order valence-electron chi connectivity index (χ1n) is 5.59. The van der Waals surface area contributed by atoms with E-state index in [1.807, 2.05) is 14.1 Å². The normalized spacial score (nSPS) is 10.8. The zero-order valence-electron chi connectivity index (χ0n) is 11.7. The highest BCUT2D eigenvalue weighted by Gasteiger charge is 2.10. The summed E-state index contributed by atoms with van der Waals surface area (Å²) in [7, 11) is 3.69. The Balaban J connectivity index is -0.000000280. The predicted octanol–water partition coefficient (Wildman–Crippen LogP) is 2.34. The number of carbonyl (C=O) groups excluding carboxylic acids is 1. The molecule has 0 saturated carbocycles. The number of halogens is 1. The van der Waals surface area contributed by atoms with Gasteiger partial charge >= 0.3 is 5.97 Å². The van der Waals surface area contributed by atoms with Crippen LogP contribution in [-0.4, -0.2) is 37.7 Å². The summed E-state index contributed by atoms with van der Waals surface area (Å²) in [5, 5.41) is 0. The lowest BCUT2D eigenvalue weighted by molar-refractivity contribution is -0.150. The summed E-state index contributed by atoms with van der Waals surface area (Å²) in [6.07, 6.45) is 2.19. The molecule has 17 heavy (non-hydrogen) atoms. The van der Waals surface area contributed by atoms with E-state index in [0.717, 1.165) is 6.54 Å². The molecule has 0 aliphatic carbocycles. The number of nitrogens with two attached hydrogens (primary N) is 1. The number of ether oxygens (including phenoxy) is 1. The Kier molecular flexibility index (Phi) is 17.6. The second-order valence-corrected chi connectivity index (χ2v) is 3.89. The highest BCUT2D eigenvalue weighted by atomic mass is 79.9. The maximum absolute atomic E-state index is 10.9. The zero-order valence-corrected chi connectivity index (χ0v) is 13.4. The Morgan fingerprint density at radius 2 is 1.94 bits per heavy atom. The van der Waals surface area contributed by atoms with Crippen molar-refractivity contribution >= 4 is 23.0 Å². The van der Waals surface area contributed by atoms with E-state index < -0.39 is 0 Å². The fourth-order valence-corrected chi connectivity index (χ4v) is 0.565. The molecule has 0 rings (SSSR count). The van der Waals surface area contributed by atoms with E-state index >= 15 is 0 Å². The molecule has 0 saturated heterocycles. The molecular weight excluding hydrogens is 284 g/mol. The standard InChI is InChI=1S/C8H15NO2.C4H11N.BrH/c1-6(2)8(10)11-7(3)9(4)5;1-2-3-4-5;/h7H,1H2,2-5H3;2-5H2,1H3;1H. The fraction of sp³-hybridized carbons (Fsp3) is 0.750. The quantitative estimate of drug-likeness (QED) is 0.481. The van der Waals surface area contributed by atoms with Gasteiger partial charge in [0, 0.05) is 5.57 Å². The van der Waals surface area contributed by atoms with Crippen LogP contribution in [0.1, 0.15) is 33.6 Å². The smallest absolute Gasteiger partial charge is 0.334 e. The highest BCUT2D eigenvalue weighted by molar-refractivity contribution is 8.93. The zero-order chi connectivity index (χ0) is 13.1. The van der Waals surface area contributed by atoms with Crippen molar-refractivity contribution in [1.29, 1.82) is 0 Å². The van der Waals surface area contributed by atoms with Crippen LogP contribution in [0, 0.1) is 0 Å². The topological polar surface area (TPSA) is 55.6 Å². The van der Waals surface area contributed by atoms with E-state index in [9.17, 15) is 4.79 Å². The first kappa shape index (κ1) is 21.9. The Bertz CT molecular complexity index is 207. The molecule has 0 aromatic heterocycles. The van der Waals surface area contributed by atoms with Crippen molar-refractivity contribution in [1.82, 2.24) is 4.90 Å². The predicted molar refractivity (Wildman–Crippen MR) is 78.3 cm³/mol. The van der Waals surface area contributed by atoms with Gasteiger partial charge in [-0.3, -0.25) is 4.90 Å². The lowest BCUT2D eigenvalue weighted by Crippen LogP contribution is -2.30. The number of hydrogen-bond acceptors (Lipinski definition) is 4. The van der Waals surface area contributed by atoms with Gasteiger partial charge in [-0.05, 0) is 40.9 Å². The molecule has 0 aromatic rings. The number of hydrogen-bond donors (Lipinski definition) is 1. The number of nitrogens with zero attached hydrogens (tertiary/aromatic N) is 1. The van der Waals surface area contributed by atoms with Crippen LogP contribution in [-0.2, 0) is 9.53 Å². The second kappa shape index (κ2) is 13.7. The molecule has 0 aliphatic heterocycles. The lowest BCUT2D eigenvalue weighted by atomic mass is 10.3. The average Bonchev–Trinajstić information content (AvgIpc) is 2.19. The van der Waals surface area contributed by atoms with Gasteiger partial charge < -0.3 is 10.5 Å². The van der Waals surface area contributed by atoms with Crippen molar-refractivity contribution in [2.75, 3.05) is 20.6 Å². The van der Waals surface area contributed by atoms with Gasteiger partial charge in [0.25, 0.3) is 0 Å². The van der Waals surface area contributed by atoms with Gasteiger partial charge in [-0.2, -0.15) is 0 Å². The number of rotatable bonds is 5. The fourth-order valence-electron chi connectivity index (χ4n) is 0.565. The monoisotopic (exact) mass is 310 g/mol. The largest absolute Gasteiger partial charge is 0.443 e. The van der Waals surface area contributed by atoms with Crippen molar-refractivity contribution in [2.24, 2.45) is 5.73 Å². The van der Waals surface area contributed by atoms with Gasteiger partial charge in [-0.1, -0.05) is 19.9 Å². The summed E-state index contributed by atoms with van der Waals surface area (Å²) in [6, 6.07) is 0. The summed E-state index contributed by atoms with van der Waals surface area (Å²) < 4.78 is 4.96. The van der Waals surface area contributed by atoms with Crippen molar-refractivity contribution < 1.29 is 9.53 Å². The van der Waals surface area contributed by atoms with Crippen molar-refractivity contribution in [3.8, 4) is 0 Å². The summed E-state index contributed by atoms with van der Waals surface area (Å²) in [5.41, 5.74) is 5.57. The molecule has 5 heteroatoms. The Morgan fingerprint density at radius 1 is 1.47 bits per heavy atom. The average molecular weight is 311 g/mol. The molecule has 0 radical (unpaired) electrons. The van der Waals surface area contributed by atoms with Crippen LogP contribution in [0.15, 0.2) is 12.2 Å². The van der Waals surface area contributed by atoms with Crippen LogP contribution in [0.3, 0.4) is 0 Å². The van der Waals surface area contributed by atoms with E-state index in [1.165, 1.54) is 12.8 Å². The van der Waals surface area contributed by atoms with Crippen molar-refractivity contribution in [3.05, 3.63) is 12.2 Å². The number of unbranched alkanes of at least 4 members (excludes halogenated alkanes) is 1. The van der Waals surface area contributed by atoms with Crippen LogP contribution in [0.25, 0.3) is 0 Å². The van der Waals surface area contributed by atoms with Crippen LogP contribution >= 0.6 is 17.0 Å².